The lowest BCUT2D eigenvalue weighted by Gasteiger charge is -2.19. The molecule has 2 atom stereocenters. The smallest absolute Gasteiger partial charge is 0.0591 e. The van der Waals surface area contributed by atoms with E-state index in [1.54, 1.807) is 0 Å². The summed E-state index contributed by atoms with van der Waals surface area (Å²) in [5.74, 6) is 1.83. The third-order valence-electron chi connectivity index (χ3n) is 3.89. The van der Waals surface area contributed by atoms with E-state index >= 15 is 0 Å². The van der Waals surface area contributed by atoms with E-state index in [-0.39, 0.29) is 0 Å². The van der Waals surface area contributed by atoms with Gasteiger partial charge in [0.25, 0.3) is 0 Å². The fourth-order valence-corrected chi connectivity index (χ4v) is 2.65. The van der Waals surface area contributed by atoms with Gasteiger partial charge in [0, 0.05) is 19.2 Å². The molecule has 2 heteroatoms. The van der Waals surface area contributed by atoms with Crippen LogP contribution in [0.1, 0.15) is 45.4 Å². The van der Waals surface area contributed by atoms with Crippen LogP contribution in [0.25, 0.3) is 0 Å². The Morgan fingerprint density at radius 2 is 2.07 bits per heavy atom. The van der Waals surface area contributed by atoms with Crippen LogP contribution < -0.4 is 5.32 Å². The highest BCUT2D eigenvalue weighted by Gasteiger charge is 2.25. The molecule has 0 saturated heterocycles. The summed E-state index contributed by atoms with van der Waals surface area (Å²) < 4.78 is 5.62. The van der Waals surface area contributed by atoms with Crippen molar-refractivity contribution in [3.05, 3.63) is 0 Å². The first kappa shape index (κ1) is 11.4. The Bertz CT molecular complexity index is 179. The molecule has 1 N–H and O–H groups in total. The van der Waals surface area contributed by atoms with E-state index in [1.807, 2.05) is 0 Å². The standard InChI is InChI=1S/C13H25NO/c1-2-12-4-3-5-13(12)14-8-9-15-10-11-6-7-11/h11-14H,2-10H2,1H3. The zero-order chi connectivity index (χ0) is 10.5. The van der Waals surface area contributed by atoms with E-state index in [4.69, 9.17) is 4.74 Å². The first-order chi connectivity index (χ1) is 7.40. The van der Waals surface area contributed by atoms with E-state index in [2.05, 4.69) is 12.2 Å². The maximum Gasteiger partial charge on any atom is 0.0591 e. The number of rotatable bonds is 7. The van der Waals surface area contributed by atoms with E-state index < -0.39 is 0 Å². The minimum atomic E-state index is 0.777. The van der Waals surface area contributed by atoms with E-state index in [9.17, 15) is 0 Å². The average molecular weight is 211 g/mol. The molecule has 2 unspecified atom stereocenters. The molecule has 0 amide bonds. The van der Waals surface area contributed by atoms with Gasteiger partial charge in [-0.2, -0.15) is 0 Å². The quantitative estimate of drug-likeness (QED) is 0.654. The van der Waals surface area contributed by atoms with Crippen LogP contribution in [0.2, 0.25) is 0 Å². The zero-order valence-electron chi connectivity index (χ0n) is 10.0. The van der Waals surface area contributed by atoms with Crippen LogP contribution in [0.3, 0.4) is 0 Å². The summed E-state index contributed by atoms with van der Waals surface area (Å²) in [6, 6.07) is 0.777. The Hall–Kier alpha value is -0.0800. The van der Waals surface area contributed by atoms with Gasteiger partial charge < -0.3 is 10.1 Å². The van der Waals surface area contributed by atoms with Crippen molar-refractivity contribution in [3.63, 3.8) is 0 Å². The molecule has 2 aliphatic carbocycles. The lowest BCUT2D eigenvalue weighted by atomic mass is 10.0. The first-order valence-corrected chi connectivity index (χ1v) is 6.71. The molecule has 0 radical (unpaired) electrons. The number of ether oxygens (including phenoxy) is 1. The number of hydrogen-bond donors (Lipinski definition) is 1. The Kier molecular flexibility index (Phi) is 4.45. The molecule has 2 nitrogen and oxygen atoms in total. The molecule has 0 heterocycles. The molecule has 15 heavy (non-hydrogen) atoms. The molecule has 2 saturated carbocycles. The van der Waals surface area contributed by atoms with Crippen molar-refractivity contribution in [2.45, 2.75) is 51.5 Å². The van der Waals surface area contributed by atoms with Crippen LogP contribution in [-0.2, 0) is 4.74 Å². The predicted octanol–water partition coefficient (Wildman–Crippen LogP) is 2.58. The maximum absolute atomic E-state index is 5.62. The molecule has 2 aliphatic rings. The first-order valence-electron chi connectivity index (χ1n) is 6.71. The molecule has 0 aromatic rings. The number of nitrogens with one attached hydrogen (secondary N) is 1. The van der Waals surface area contributed by atoms with Gasteiger partial charge in [-0.3, -0.25) is 0 Å². The van der Waals surface area contributed by atoms with Gasteiger partial charge >= 0.3 is 0 Å². The SMILES string of the molecule is CCC1CCCC1NCCOCC1CC1. The second kappa shape index (κ2) is 5.86. The summed E-state index contributed by atoms with van der Waals surface area (Å²) in [5.41, 5.74) is 0. The second-order valence-electron chi connectivity index (χ2n) is 5.18. The lowest BCUT2D eigenvalue weighted by molar-refractivity contribution is 0.123. The zero-order valence-corrected chi connectivity index (χ0v) is 10.0. The van der Waals surface area contributed by atoms with Crippen LogP contribution in [0.15, 0.2) is 0 Å². The largest absolute Gasteiger partial charge is 0.380 e. The summed E-state index contributed by atoms with van der Waals surface area (Å²) in [5, 5.41) is 3.65. The van der Waals surface area contributed by atoms with Crippen molar-refractivity contribution in [1.82, 2.24) is 5.32 Å². The predicted molar refractivity (Wildman–Crippen MR) is 63.0 cm³/mol. The average Bonchev–Trinajstić information content (AvgIpc) is 2.96. The minimum Gasteiger partial charge on any atom is -0.380 e. The molecular formula is C13H25NO. The Labute approximate surface area is 93.8 Å². The van der Waals surface area contributed by atoms with Crippen LogP contribution in [0.5, 0.6) is 0 Å². The topological polar surface area (TPSA) is 21.3 Å². The van der Waals surface area contributed by atoms with Gasteiger partial charge in [-0.15, -0.1) is 0 Å². The third-order valence-corrected chi connectivity index (χ3v) is 3.89. The minimum absolute atomic E-state index is 0.777. The maximum atomic E-state index is 5.62. The fraction of sp³-hybridized carbons (Fsp3) is 1.00. The molecule has 2 fully saturated rings. The van der Waals surface area contributed by atoms with Gasteiger partial charge in [0.2, 0.25) is 0 Å². The Morgan fingerprint density at radius 1 is 1.20 bits per heavy atom. The Balaban J connectivity index is 1.48. The molecule has 0 bridgehead atoms. The van der Waals surface area contributed by atoms with E-state index in [1.165, 1.54) is 38.5 Å². The summed E-state index contributed by atoms with van der Waals surface area (Å²) in [6.45, 7) is 5.27. The van der Waals surface area contributed by atoms with Crippen molar-refractivity contribution in [3.8, 4) is 0 Å². The van der Waals surface area contributed by atoms with Gasteiger partial charge in [0.1, 0.15) is 0 Å². The van der Waals surface area contributed by atoms with E-state index in [0.29, 0.717) is 0 Å². The van der Waals surface area contributed by atoms with Crippen molar-refractivity contribution < 1.29 is 4.74 Å². The molecule has 0 spiro atoms. The molecular weight excluding hydrogens is 186 g/mol. The van der Waals surface area contributed by atoms with Crippen LogP contribution in [0, 0.1) is 11.8 Å². The van der Waals surface area contributed by atoms with Gasteiger partial charge in [-0.05, 0) is 37.5 Å². The molecule has 0 aromatic heterocycles. The lowest BCUT2D eigenvalue weighted by Crippen LogP contribution is -2.34. The van der Waals surface area contributed by atoms with Crippen molar-refractivity contribution in [2.24, 2.45) is 11.8 Å². The number of hydrogen-bond acceptors (Lipinski definition) is 2. The van der Waals surface area contributed by atoms with Gasteiger partial charge in [0.15, 0.2) is 0 Å². The van der Waals surface area contributed by atoms with Crippen LogP contribution in [-0.4, -0.2) is 25.8 Å². The molecule has 88 valence electrons. The highest BCUT2D eigenvalue weighted by Crippen LogP contribution is 2.29. The highest BCUT2D eigenvalue weighted by molar-refractivity contribution is 4.82. The third kappa shape index (κ3) is 3.76. The van der Waals surface area contributed by atoms with Gasteiger partial charge in [0.05, 0.1) is 6.61 Å². The summed E-state index contributed by atoms with van der Waals surface area (Å²) in [6.07, 6.45) is 8.35. The monoisotopic (exact) mass is 211 g/mol. The summed E-state index contributed by atoms with van der Waals surface area (Å²) >= 11 is 0. The molecule has 0 aliphatic heterocycles. The van der Waals surface area contributed by atoms with E-state index in [0.717, 1.165) is 37.6 Å². The fourth-order valence-electron chi connectivity index (χ4n) is 2.65. The van der Waals surface area contributed by atoms with Crippen molar-refractivity contribution in [1.29, 1.82) is 0 Å². The van der Waals surface area contributed by atoms with Crippen LogP contribution >= 0.6 is 0 Å². The van der Waals surface area contributed by atoms with Gasteiger partial charge in [-0.1, -0.05) is 19.8 Å². The van der Waals surface area contributed by atoms with Crippen molar-refractivity contribution in [2.75, 3.05) is 19.8 Å². The normalized spacial score (nSPS) is 31.0. The highest BCUT2D eigenvalue weighted by atomic mass is 16.5. The molecule has 2 rings (SSSR count). The van der Waals surface area contributed by atoms with Gasteiger partial charge in [-0.25, -0.2) is 0 Å². The second-order valence-corrected chi connectivity index (χ2v) is 5.18. The van der Waals surface area contributed by atoms with Crippen molar-refractivity contribution >= 4 is 0 Å². The molecule has 0 aromatic carbocycles. The van der Waals surface area contributed by atoms with Crippen LogP contribution in [0.4, 0.5) is 0 Å². The Morgan fingerprint density at radius 3 is 2.80 bits per heavy atom. The summed E-state index contributed by atoms with van der Waals surface area (Å²) in [4.78, 5) is 0. The summed E-state index contributed by atoms with van der Waals surface area (Å²) in [7, 11) is 0.